The number of nitrogens with one attached hydrogen (secondary N) is 1. The van der Waals surface area contributed by atoms with Crippen LogP contribution in [0, 0.1) is 0 Å². The van der Waals surface area contributed by atoms with E-state index in [1.807, 2.05) is 0 Å². The molecule has 92 valence electrons. The van der Waals surface area contributed by atoms with E-state index in [4.69, 9.17) is 16.1 Å². The third-order valence-electron chi connectivity index (χ3n) is 2.27. The summed E-state index contributed by atoms with van der Waals surface area (Å²) in [4.78, 5) is 11.9. The van der Waals surface area contributed by atoms with E-state index in [0.29, 0.717) is 35.6 Å². The van der Waals surface area contributed by atoms with E-state index in [0.717, 1.165) is 0 Å². The van der Waals surface area contributed by atoms with Gasteiger partial charge in [0.25, 0.3) is 5.78 Å². The van der Waals surface area contributed by atoms with Crippen LogP contribution in [0.5, 0.6) is 0 Å². The number of halogens is 1. The lowest BCUT2D eigenvalue weighted by Crippen LogP contribution is -2.09. The average Bonchev–Trinajstić information content (AvgIpc) is 2.98. The van der Waals surface area contributed by atoms with Crippen molar-refractivity contribution < 1.29 is 4.52 Å². The van der Waals surface area contributed by atoms with Gasteiger partial charge < -0.3 is 9.84 Å². The molecule has 3 rings (SSSR count). The Morgan fingerprint density at radius 2 is 2.28 bits per heavy atom. The van der Waals surface area contributed by atoms with E-state index in [9.17, 15) is 0 Å². The molecule has 0 amide bonds. The summed E-state index contributed by atoms with van der Waals surface area (Å²) in [5.74, 6) is 1.72. The van der Waals surface area contributed by atoms with Crippen LogP contribution < -0.4 is 5.32 Å². The maximum atomic E-state index is 5.89. The molecule has 0 saturated carbocycles. The van der Waals surface area contributed by atoms with Gasteiger partial charge in [-0.15, -0.1) is 0 Å². The van der Waals surface area contributed by atoms with Crippen molar-refractivity contribution in [2.45, 2.75) is 6.42 Å². The van der Waals surface area contributed by atoms with Gasteiger partial charge in [-0.1, -0.05) is 16.8 Å². The minimum Gasteiger partial charge on any atom is -0.369 e. The minimum absolute atomic E-state index is 0.357. The van der Waals surface area contributed by atoms with Gasteiger partial charge in [0, 0.05) is 19.0 Å². The molecule has 3 aromatic rings. The van der Waals surface area contributed by atoms with Crippen molar-refractivity contribution in [1.82, 2.24) is 29.7 Å². The van der Waals surface area contributed by atoms with Gasteiger partial charge in [0.1, 0.15) is 17.3 Å². The SMILES string of the molecule is Clc1cc(NCCc2ncno2)n2ncnc2n1. The van der Waals surface area contributed by atoms with Crippen molar-refractivity contribution in [1.29, 1.82) is 0 Å². The lowest BCUT2D eigenvalue weighted by molar-refractivity contribution is 0.379. The fourth-order valence-electron chi connectivity index (χ4n) is 1.51. The van der Waals surface area contributed by atoms with Gasteiger partial charge in [-0.25, -0.2) is 0 Å². The van der Waals surface area contributed by atoms with Crippen LogP contribution in [0.3, 0.4) is 0 Å². The second-order valence-electron chi connectivity index (χ2n) is 3.45. The second kappa shape index (κ2) is 4.57. The van der Waals surface area contributed by atoms with Gasteiger partial charge in [-0.2, -0.15) is 24.6 Å². The molecule has 18 heavy (non-hydrogen) atoms. The third-order valence-corrected chi connectivity index (χ3v) is 2.47. The average molecular weight is 266 g/mol. The Balaban J connectivity index is 1.75. The van der Waals surface area contributed by atoms with Crippen LogP contribution >= 0.6 is 11.6 Å². The highest BCUT2D eigenvalue weighted by atomic mass is 35.5. The highest BCUT2D eigenvalue weighted by Crippen LogP contribution is 2.14. The number of aromatic nitrogens is 6. The Bertz CT molecular complexity index is 650. The molecule has 0 bridgehead atoms. The highest BCUT2D eigenvalue weighted by molar-refractivity contribution is 6.29. The number of fused-ring (bicyclic) bond motifs is 1. The zero-order valence-electron chi connectivity index (χ0n) is 9.12. The summed E-state index contributed by atoms with van der Waals surface area (Å²) in [6, 6.07) is 1.68. The molecule has 0 atom stereocenters. The van der Waals surface area contributed by atoms with Gasteiger partial charge in [0.05, 0.1) is 0 Å². The maximum Gasteiger partial charge on any atom is 0.255 e. The van der Waals surface area contributed by atoms with Crippen molar-refractivity contribution in [2.75, 3.05) is 11.9 Å². The molecule has 0 fully saturated rings. The summed E-state index contributed by atoms with van der Waals surface area (Å²) >= 11 is 5.89. The molecule has 0 aromatic carbocycles. The van der Waals surface area contributed by atoms with Crippen LogP contribution in [0.1, 0.15) is 5.89 Å². The molecule has 0 unspecified atom stereocenters. The third kappa shape index (κ3) is 2.09. The minimum atomic E-state index is 0.357. The second-order valence-corrected chi connectivity index (χ2v) is 3.83. The molecular weight excluding hydrogens is 258 g/mol. The van der Waals surface area contributed by atoms with Gasteiger partial charge in [-0.05, 0) is 0 Å². The summed E-state index contributed by atoms with van der Waals surface area (Å²) in [6.07, 6.45) is 3.40. The van der Waals surface area contributed by atoms with Crippen molar-refractivity contribution in [2.24, 2.45) is 0 Å². The summed E-state index contributed by atoms with van der Waals surface area (Å²) in [7, 11) is 0. The molecule has 0 aliphatic rings. The molecule has 1 N–H and O–H groups in total. The zero-order chi connectivity index (χ0) is 12.4. The van der Waals surface area contributed by atoms with E-state index in [1.165, 1.54) is 12.7 Å². The van der Waals surface area contributed by atoms with Crippen LogP contribution in [0.15, 0.2) is 23.2 Å². The lowest BCUT2D eigenvalue weighted by atomic mass is 10.4. The topological polar surface area (TPSA) is 94.0 Å². The quantitative estimate of drug-likeness (QED) is 0.698. The number of hydrogen-bond donors (Lipinski definition) is 1. The Kier molecular flexibility index (Phi) is 2.77. The first-order valence-corrected chi connectivity index (χ1v) is 5.56. The van der Waals surface area contributed by atoms with Crippen LogP contribution in [0.4, 0.5) is 5.82 Å². The van der Waals surface area contributed by atoms with E-state index in [1.54, 1.807) is 10.6 Å². The first kappa shape index (κ1) is 10.9. The van der Waals surface area contributed by atoms with E-state index < -0.39 is 0 Å². The van der Waals surface area contributed by atoms with Crippen LogP contribution in [0.25, 0.3) is 5.78 Å². The normalized spacial score (nSPS) is 10.9. The Hall–Kier alpha value is -2.22. The van der Waals surface area contributed by atoms with E-state index >= 15 is 0 Å². The van der Waals surface area contributed by atoms with Gasteiger partial charge in [0.15, 0.2) is 6.33 Å². The summed E-state index contributed by atoms with van der Waals surface area (Å²) in [5, 5.41) is 11.1. The number of rotatable bonds is 4. The molecule has 0 saturated heterocycles. The molecular formula is C9H8ClN7O. The monoisotopic (exact) mass is 265 g/mol. The number of anilines is 1. The van der Waals surface area contributed by atoms with Gasteiger partial charge in [-0.3, -0.25) is 0 Å². The van der Waals surface area contributed by atoms with Crippen molar-refractivity contribution in [3.05, 3.63) is 29.8 Å². The molecule has 3 heterocycles. The smallest absolute Gasteiger partial charge is 0.255 e. The molecule has 3 aromatic heterocycles. The maximum absolute atomic E-state index is 5.89. The fraction of sp³-hybridized carbons (Fsp3) is 0.222. The lowest BCUT2D eigenvalue weighted by Gasteiger charge is -2.06. The molecule has 8 nitrogen and oxygen atoms in total. The first-order chi connectivity index (χ1) is 8.83. The standard InChI is InChI=1S/C9H8ClN7O/c10-6-3-7(17-9(16-6)13-4-14-17)11-2-1-8-12-5-15-18-8/h3-5,11H,1-2H2. The van der Waals surface area contributed by atoms with Crippen molar-refractivity contribution >= 4 is 23.2 Å². The Labute approximate surface area is 106 Å². The van der Waals surface area contributed by atoms with Crippen LogP contribution in [-0.4, -0.2) is 36.3 Å². The van der Waals surface area contributed by atoms with E-state index in [2.05, 4.69) is 30.5 Å². The first-order valence-electron chi connectivity index (χ1n) is 5.18. The Morgan fingerprint density at radius 3 is 3.11 bits per heavy atom. The van der Waals surface area contributed by atoms with E-state index in [-0.39, 0.29) is 0 Å². The fourth-order valence-corrected chi connectivity index (χ4v) is 1.69. The Morgan fingerprint density at radius 1 is 1.33 bits per heavy atom. The van der Waals surface area contributed by atoms with Crippen molar-refractivity contribution in [3.8, 4) is 0 Å². The van der Waals surface area contributed by atoms with Crippen LogP contribution in [-0.2, 0) is 6.42 Å². The van der Waals surface area contributed by atoms with Gasteiger partial charge >= 0.3 is 0 Å². The molecule has 0 aliphatic carbocycles. The number of nitrogens with zero attached hydrogens (tertiary/aromatic N) is 6. The zero-order valence-corrected chi connectivity index (χ0v) is 9.87. The summed E-state index contributed by atoms with van der Waals surface area (Å²) in [5.41, 5.74) is 0. The number of hydrogen-bond acceptors (Lipinski definition) is 7. The molecule has 9 heteroatoms. The van der Waals surface area contributed by atoms with Crippen molar-refractivity contribution in [3.63, 3.8) is 0 Å². The molecule has 0 radical (unpaired) electrons. The predicted octanol–water partition coefficient (Wildman–Crippen LogP) is 0.815. The molecule has 0 spiro atoms. The largest absolute Gasteiger partial charge is 0.369 e. The van der Waals surface area contributed by atoms with Crippen LogP contribution in [0.2, 0.25) is 5.15 Å². The molecule has 0 aliphatic heterocycles. The summed E-state index contributed by atoms with van der Waals surface area (Å²) in [6.45, 7) is 0.609. The van der Waals surface area contributed by atoms with Gasteiger partial charge in [0.2, 0.25) is 5.89 Å². The summed E-state index contributed by atoms with van der Waals surface area (Å²) < 4.78 is 6.46. The predicted molar refractivity (Wildman–Crippen MR) is 62.3 cm³/mol. The highest BCUT2D eigenvalue weighted by Gasteiger charge is 2.06.